The Morgan fingerprint density at radius 1 is 1.32 bits per heavy atom. The van der Waals surface area contributed by atoms with Crippen molar-refractivity contribution in [2.75, 3.05) is 38.4 Å². The molecule has 0 bridgehead atoms. The lowest BCUT2D eigenvalue weighted by Crippen LogP contribution is -2.36. The third kappa shape index (κ3) is 2.78. The first-order valence-corrected chi connectivity index (χ1v) is 7.16. The first-order valence-electron chi connectivity index (χ1n) is 7.16. The topological polar surface area (TPSA) is 33.7 Å². The summed E-state index contributed by atoms with van der Waals surface area (Å²) >= 11 is 0. The van der Waals surface area contributed by atoms with Crippen molar-refractivity contribution in [1.29, 1.82) is 0 Å². The Hall–Kier alpha value is -1.42. The highest BCUT2D eigenvalue weighted by Crippen LogP contribution is 2.36. The van der Waals surface area contributed by atoms with E-state index in [0.717, 1.165) is 37.1 Å². The molecule has 1 fully saturated rings. The molecule has 4 heteroatoms. The Morgan fingerprint density at radius 3 is 3.11 bits per heavy atom. The highest BCUT2D eigenvalue weighted by Gasteiger charge is 2.21. The summed E-state index contributed by atoms with van der Waals surface area (Å²) in [5.41, 5.74) is 1.26. The Balaban J connectivity index is 1.67. The number of rotatable bonds is 4. The molecule has 0 aromatic heterocycles. The van der Waals surface area contributed by atoms with E-state index in [-0.39, 0.29) is 0 Å². The average Bonchev–Trinajstić information content (AvgIpc) is 2.92. The third-order valence-electron chi connectivity index (χ3n) is 4.04. The van der Waals surface area contributed by atoms with Crippen LogP contribution in [0.4, 0.5) is 5.69 Å². The normalized spacial score (nSPS) is 21.7. The summed E-state index contributed by atoms with van der Waals surface area (Å²) in [6.07, 6.45) is 3.89. The van der Waals surface area contributed by atoms with E-state index in [2.05, 4.69) is 22.3 Å². The van der Waals surface area contributed by atoms with Crippen molar-refractivity contribution >= 4 is 5.69 Å². The van der Waals surface area contributed by atoms with Gasteiger partial charge < -0.3 is 19.7 Å². The molecule has 1 atom stereocenters. The molecule has 4 nitrogen and oxygen atoms in total. The predicted molar refractivity (Wildman–Crippen MR) is 76.0 cm³/mol. The minimum atomic E-state index is 0.351. The van der Waals surface area contributed by atoms with Crippen LogP contribution in [0.1, 0.15) is 19.3 Å². The van der Waals surface area contributed by atoms with Gasteiger partial charge in [-0.15, -0.1) is 0 Å². The molecule has 19 heavy (non-hydrogen) atoms. The van der Waals surface area contributed by atoms with E-state index in [1.54, 1.807) is 0 Å². The van der Waals surface area contributed by atoms with E-state index in [0.29, 0.717) is 6.79 Å². The van der Waals surface area contributed by atoms with Crippen molar-refractivity contribution < 1.29 is 9.47 Å². The Bertz CT molecular complexity index is 436. The minimum absolute atomic E-state index is 0.351. The predicted octanol–water partition coefficient (Wildman–Crippen LogP) is 2.24. The van der Waals surface area contributed by atoms with Gasteiger partial charge in [0.15, 0.2) is 11.5 Å². The van der Waals surface area contributed by atoms with Gasteiger partial charge in [-0.3, -0.25) is 0 Å². The van der Waals surface area contributed by atoms with Gasteiger partial charge in [-0.25, -0.2) is 0 Å². The van der Waals surface area contributed by atoms with Crippen LogP contribution in [-0.2, 0) is 0 Å². The van der Waals surface area contributed by atoms with Crippen molar-refractivity contribution in [2.45, 2.75) is 19.3 Å². The van der Waals surface area contributed by atoms with Crippen molar-refractivity contribution in [2.24, 2.45) is 5.92 Å². The quantitative estimate of drug-likeness (QED) is 0.902. The number of benzene rings is 1. The van der Waals surface area contributed by atoms with Crippen molar-refractivity contribution in [3.05, 3.63) is 18.2 Å². The number of anilines is 1. The van der Waals surface area contributed by atoms with Gasteiger partial charge in [-0.2, -0.15) is 0 Å². The minimum Gasteiger partial charge on any atom is -0.454 e. The van der Waals surface area contributed by atoms with Gasteiger partial charge in [0, 0.05) is 24.8 Å². The van der Waals surface area contributed by atoms with Gasteiger partial charge >= 0.3 is 0 Å². The maximum absolute atomic E-state index is 5.46. The highest BCUT2D eigenvalue weighted by molar-refractivity contribution is 5.57. The highest BCUT2D eigenvalue weighted by atomic mass is 16.7. The van der Waals surface area contributed by atoms with E-state index in [9.17, 15) is 0 Å². The summed E-state index contributed by atoms with van der Waals surface area (Å²) < 4.78 is 10.8. The molecule has 0 saturated carbocycles. The molecule has 1 N–H and O–H groups in total. The average molecular weight is 262 g/mol. The maximum Gasteiger partial charge on any atom is 0.231 e. The van der Waals surface area contributed by atoms with Gasteiger partial charge in [0.1, 0.15) is 0 Å². The molecule has 1 unspecified atom stereocenters. The summed E-state index contributed by atoms with van der Waals surface area (Å²) in [4.78, 5) is 2.48. The fraction of sp³-hybridized carbons (Fsp3) is 0.600. The second kappa shape index (κ2) is 5.70. The molecule has 1 aromatic rings. The second-order valence-corrected chi connectivity index (χ2v) is 5.38. The van der Waals surface area contributed by atoms with Crippen LogP contribution in [-0.4, -0.2) is 33.5 Å². The molecular weight excluding hydrogens is 240 g/mol. The molecular formula is C15H22N2O2. The number of hydrogen-bond acceptors (Lipinski definition) is 4. The van der Waals surface area contributed by atoms with Gasteiger partial charge in [-0.1, -0.05) is 0 Å². The molecule has 104 valence electrons. The number of nitrogens with one attached hydrogen (secondary N) is 1. The molecule has 2 aliphatic heterocycles. The first kappa shape index (κ1) is 12.6. The van der Waals surface area contributed by atoms with Crippen LogP contribution in [0, 0.1) is 5.92 Å². The monoisotopic (exact) mass is 262 g/mol. The van der Waals surface area contributed by atoms with Gasteiger partial charge in [0.2, 0.25) is 6.79 Å². The number of hydrogen-bond donors (Lipinski definition) is 1. The van der Waals surface area contributed by atoms with E-state index in [1.165, 1.54) is 24.9 Å². The molecule has 2 aliphatic rings. The van der Waals surface area contributed by atoms with E-state index >= 15 is 0 Å². The van der Waals surface area contributed by atoms with Crippen molar-refractivity contribution in [3.8, 4) is 11.5 Å². The van der Waals surface area contributed by atoms with Gasteiger partial charge in [-0.05, 0) is 50.9 Å². The van der Waals surface area contributed by atoms with Crippen LogP contribution < -0.4 is 19.7 Å². The fourth-order valence-electron chi connectivity index (χ4n) is 2.97. The van der Waals surface area contributed by atoms with E-state index in [1.807, 2.05) is 13.1 Å². The first-order chi connectivity index (χ1) is 9.36. The molecule has 2 heterocycles. The largest absolute Gasteiger partial charge is 0.454 e. The van der Waals surface area contributed by atoms with Crippen LogP contribution in [0.3, 0.4) is 0 Å². The second-order valence-electron chi connectivity index (χ2n) is 5.38. The standard InChI is InChI=1S/C15H22N2O2/c1-16-7-6-12-3-2-8-17(10-12)13-4-5-14-15(9-13)19-11-18-14/h4-5,9,12,16H,2-3,6-8,10-11H2,1H3. The third-order valence-corrected chi connectivity index (χ3v) is 4.04. The molecule has 3 rings (SSSR count). The summed E-state index contributed by atoms with van der Waals surface area (Å²) in [5, 5.41) is 3.25. The molecule has 1 aromatic carbocycles. The number of piperidine rings is 1. The van der Waals surface area contributed by atoms with Gasteiger partial charge in [0.25, 0.3) is 0 Å². The molecule has 0 aliphatic carbocycles. The number of nitrogens with zero attached hydrogens (tertiary/aromatic N) is 1. The van der Waals surface area contributed by atoms with Crippen LogP contribution in [0.5, 0.6) is 11.5 Å². The Morgan fingerprint density at radius 2 is 2.21 bits per heavy atom. The van der Waals surface area contributed by atoms with Crippen LogP contribution >= 0.6 is 0 Å². The van der Waals surface area contributed by atoms with Gasteiger partial charge in [0.05, 0.1) is 0 Å². The summed E-state index contributed by atoms with van der Waals surface area (Å²) in [7, 11) is 2.03. The zero-order valence-electron chi connectivity index (χ0n) is 11.5. The molecule has 0 radical (unpaired) electrons. The summed E-state index contributed by atoms with van der Waals surface area (Å²) in [5.74, 6) is 2.55. The molecule has 1 saturated heterocycles. The van der Waals surface area contributed by atoms with Crippen LogP contribution in [0.2, 0.25) is 0 Å². The van der Waals surface area contributed by atoms with E-state index < -0.39 is 0 Å². The number of fused-ring (bicyclic) bond motifs is 1. The number of ether oxygens (including phenoxy) is 2. The lowest BCUT2D eigenvalue weighted by atomic mass is 9.94. The SMILES string of the molecule is CNCCC1CCCN(c2ccc3c(c2)OCO3)C1. The van der Waals surface area contributed by atoms with Crippen molar-refractivity contribution in [3.63, 3.8) is 0 Å². The Kier molecular flexibility index (Phi) is 3.78. The maximum atomic E-state index is 5.46. The smallest absolute Gasteiger partial charge is 0.231 e. The van der Waals surface area contributed by atoms with Crippen LogP contribution in [0.25, 0.3) is 0 Å². The lowest BCUT2D eigenvalue weighted by Gasteiger charge is -2.34. The summed E-state index contributed by atoms with van der Waals surface area (Å²) in [6.45, 7) is 3.76. The van der Waals surface area contributed by atoms with Crippen molar-refractivity contribution in [1.82, 2.24) is 5.32 Å². The van der Waals surface area contributed by atoms with Crippen LogP contribution in [0.15, 0.2) is 18.2 Å². The zero-order valence-corrected chi connectivity index (χ0v) is 11.5. The van der Waals surface area contributed by atoms with E-state index in [4.69, 9.17) is 9.47 Å². The zero-order chi connectivity index (χ0) is 13.1. The lowest BCUT2D eigenvalue weighted by molar-refractivity contribution is 0.174. The Labute approximate surface area is 114 Å². The molecule has 0 spiro atoms. The molecule has 0 amide bonds. The fourth-order valence-corrected chi connectivity index (χ4v) is 2.97. The summed E-state index contributed by atoms with van der Waals surface area (Å²) in [6, 6.07) is 6.28.